The zero-order valence-electron chi connectivity index (χ0n) is 16.7. The van der Waals surface area contributed by atoms with Crippen LogP contribution in [-0.2, 0) is 11.2 Å². The molecule has 4 aromatic rings. The fourth-order valence-corrected chi connectivity index (χ4v) is 3.63. The molecule has 0 aliphatic carbocycles. The smallest absolute Gasteiger partial charge is 0.340 e. The first kappa shape index (κ1) is 19.0. The summed E-state index contributed by atoms with van der Waals surface area (Å²) in [5.74, 6) is -0.00490. The van der Waals surface area contributed by atoms with Gasteiger partial charge in [-0.1, -0.05) is 37.3 Å². The second-order valence-electron chi connectivity index (χ2n) is 7.55. The topological polar surface area (TPSA) is 72.5 Å². The molecule has 1 atom stereocenters. The van der Waals surface area contributed by atoms with Crippen molar-refractivity contribution in [3.8, 4) is 0 Å². The number of nitrogens with one attached hydrogen (secondary N) is 1. The van der Waals surface area contributed by atoms with Crippen molar-refractivity contribution in [3.05, 3.63) is 81.4 Å². The predicted octanol–water partition coefficient (Wildman–Crippen LogP) is 4.62. The number of fused-ring (bicyclic) bond motifs is 2. The van der Waals surface area contributed by atoms with E-state index in [0.29, 0.717) is 23.3 Å². The average molecular weight is 389 g/mol. The van der Waals surface area contributed by atoms with E-state index in [1.165, 1.54) is 0 Å². The van der Waals surface area contributed by atoms with Gasteiger partial charge in [0, 0.05) is 23.4 Å². The van der Waals surface area contributed by atoms with Gasteiger partial charge in [0.15, 0.2) is 0 Å². The van der Waals surface area contributed by atoms with Crippen molar-refractivity contribution in [3.63, 3.8) is 0 Å². The Balaban J connectivity index is 1.57. The molecule has 5 nitrogen and oxygen atoms in total. The molecule has 0 radical (unpaired) electrons. The van der Waals surface area contributed by atoms with Crippen molar-refractivity contribution >= 4 is 27.8 Å². The minimum absolute atomic E-state index is 0.00593. The maximum absolute atomic E-state index is 12.5. The Morgan fingerprint density at radius 2 is 1.83 bits per heavy atom. The van der Waals surface area contributed by atoms with Crippen molar-refractivity contribution in [1.82, 2.24) is 5.32 Å². The van der Waals surface area contributed by atoms with Gasteiger partial charge >= 0.3 is 5.63 Å². The highest BCUT2D eigenvalue weighted by molar-refractivity contribution is 5.96. The Labute approximate surface area is 168 Å². The number of rotatable bonds is 5. The highest BCUT2D eigenvalue weighted by Gasteiger charge is 2.17. The number of carbonyl (C=O) groups is 1. The van der Waals surface area contributed by atoms with E-state index in [1.54, 1.807) is 12.3 Å². The third-order valence-corrected chi connectivity index (χ3v) is 5.49. The van der Waals surface area contributed by atoms with Gasteiger partial charge in [-0.25, -0.2) is 4.79 Å². The molecule has 0 fully saturated rings. The summed E-state index contributed by atoms with van der Waals surface area (Å²) in [5.41, 5.74) is 4.00. The molecule has 148 valence electrons. The number of aryl methyl sites for hydroxylation is 2. The van der Waals surface area contributed by atoms with Crippen LogP contribution in [0.4, 0.5) is 0 Å². The van der Waals surface area contributed by atoms with E-state index in [0.717, 1.165) is 27.5 Å². The first-order valence-electron chi connectivity index (χ1n) is 9.70. The summed E-state index contributed by atoms with van der Waals surface area (Å²) >= 11 is 0. The summed E-state index contributed by atoms with van der Waals surface area (Å²) < 4.78 is 11.0. The molecule has 0 aliphatic rings. The summed E-state index contributed by atoms with van der Waals surface area (Å²) in [6.07, 6.45) is 1.67. The molecule has 0 saturated carbocycles. The molecule has 2 aromatic heterocycles. The molecule has 0 saturated heterocycles. The molecule has 0 aliphatic heterocycles. The van der Waals surface area contributed by atoms with Crippen molar-refractivity contribution < 1.29 is 13.6 Å². The Hall–Kier alpha value is -3.34. The largest absolute Gasteiger partial charge is 0.464 e. The highest BCUT2D eigenvalue weighted by Crippen LogP contribution is 2.28. The zero-order chi connectivity index (χ0) is 20.5. The Morgan fingerprint density at radius 3 is 2.59 bits per heavy atom. The molecule has 0 bridgehead atoms. The number of hydrogen-bond donors (Lipinski definition) is 1. The normalized spacial score (nSPS) is 12.4. The van der Waals surface area contributed by atoms with Crippen LogP contribution in [0.25, 0.3) is 21.9 Å². The second kappa shape index (κ2) is 7.59. The molecule has 0 spiro atoms. The molecule has 2 aromatic carbocycles. The lowest BCUT2D eigenvalue weighted by Crippen LogP contribution is -2.30. The first-order valence-corrected chi connectivity index (χ1v) is 9.70. The first-order chi connectivity index (χ1) is 13.9. The Morgan fingerprint density at radius 1 is 1.07 bits per heavy atom. The van der Waals surface area contributed by atoms with Gasteiger partial charge < -0.3 is 14.2 Å². The fourth-order valence-electron chi connectivity index (χ4n) is 3.63. The standard InChI is InChI=1S/C24H23NO4/c1-14(17-7-5-4-6-8-17)12-25-23(26)10-20-16(3)19-9-18-15(2)13-28-21(18)11-22(19)29-24(20)27/h4-9,11,13-14H,10,12H2,1-3H3,(H,25,26)/t14-/m1/s1. The van der Waals surface area contributed by atoms with Gasteiger partial charge in [-0.05, 0) is 42.5 Å². The minimum Gasteiger partial charge on any atom is -0.464 e. The lowest BCUT2D eigenvalue weighted by Gasteiger charge is -2.13. The van der Waals surface area contributed by atoms with Crippen LogP contribution in [0, 0.1) is 13.8 Å². The van der Waals surface area contributed by atoms with Crippen LogP contribution in [-0.4, -0.2) is 12.5 Å². The molecule has 1 N–H and O–H groups in total. The maximum atomic E-state index is 12.5. The van der Waals surface area contributed by atoms with E-state index in [4.69, 9.17) is 8.83 Å². The van der Waals surface area contributed by atoms with Gasteiger partial charge in [-0.2, -0.15) is 0 Å². The molecule has 4 rings (SSSR count). The van der Waals surface area contributed by atoms with E-state index in [1.807, 2.05) is 50.2 Å². The van der Waals surface area contributed by atoms with Crippen LogP contribution in [0.5, 0.6) is 0 Å². The Bertz CT molecular complexity index is 1250. The van der Waals surface area contributed by atoms with E-state index in [9.17, 15) is 9.59 Å². The summed E-state index contributed by atoms with van der Waals surface area (Å²) in [6.45, 7) is 6.39. The van der Waals surface area contributed by atoms with Crippen LogP contribution in [0.2, 0.25) is 0 Å². The van der Waals surface area contributed by atoms with Crippen LogP contribution < -0.4 is 10.9 Å². The number of hydrogen-bond acceptors (Lipinski definition) is 4. The monoisotopic (exact) mass is 389 g/mol. The summed E-state index contributed by atoms with van der Waals surface area (Å²) in [5, 5.41) is 4.73. The van der Waals surface area contributed by atoms with Crippen LogP contribution in [0.3, 0.4) is 0 Å². The third-order valence-electron chi connectivity index (χ3n) is 5.49. The SMILES string of the molecule is Cc1coc2cc3oc(=O)c(CC(=O)NC[C@@H](C)c4ccccc4)c(C)c3cc12. The highest BCUT2D eigenvalue weighted by atomic mass is 16.4. The minimum atomic E-state index is -0.483. The van der Waals surface area contributed by atoms with Gasteiger partial charge in [-0.15, -0.1) is 0 Å². The third kappa shape index (κ3) is 3.68. The van der Waals surface area contributed by atoms with Gasteiger partial charge in [0.25, 0.3) is 0 Å². The summed E-state index contributed by atoms with van der Waals surface area (Å²) in [4.78, 5) is 25.0. The maximum Gasteiger partial charge on any atom is 0.340 e. The molecule has 0 unspecified atom stereocenters. The van der Waals surface area contributed by atoms with E-state index in [-0.39, 0.29) is 18.2 Å². The summed E-state index contributed by atoms with van der Waals surface area (Å²) in [6, 6.07) is 13.7. The van der Waals surface area contributed by atoms with E-state index >= 15 is 0 Å². The van der Waals surface area contributed by atoms with Gasteiger partial charge in [0.1, 0.15) is 11.2 Å². The van der Waals surface area contributed by atoms with Gasteiger partial charge in [-0.3, -0.25) is 4.79 Å². The van der Waals surface area contributed by atoms with Gasteiger partial charge in [0.2, 0.25) is 5.91 Å². The Kier molecular flexibility index (Phi) is 4.97. The number of amides is 1. The molecule has 1 amide bonds. The average Bonchev–Trinajstić information content (AvgIpc) is 3.08. The van der Waals surface area contributed by atoms with Crippen LogP contribution >= 0.6 is 0 Å². The molecular formula is C24H23NO4. The molecule has 29 heavy (non-hydrogen) atoms. The quantitative estimate of drug-likeness (QED) is 0.506. The molecular weight excluding hydrogens is 366 g/mol. The van der Waals surface area contributed by atoms with Crippen LogP contribution in [0.15, 0.2) is 62.4 Å². The zero-order valence-corrected chi connectivity index (χ0v) is 16.7. The van der Waals surface area contributed by atoms with Gasteiger partial charge in [0.05, 0.1) is 18.2 Å². The number of benzene rings is 2. The lowest BCUT2D eigenvalue weighted by atomic mass is 10.0. The van der Waals surface area contributed by atoms with Crippen molar-refractivity contribution in [2.75, 3.05) is 6.54 Å². The summed E-state index contributed by atoms with van der Waals surface area (Å²) in [7, 11) is 0. The molecule has 5 heteroatoms. The molecule has 2 heterocycles. The number of carbonyl (C=O) groups excluding carboxylic acids is 1. The van der Waals surface area contributed by atoms with Crippen molar-refractivity contribution in [1.29, 1.82) is 0 Å². The van der Waals surface area contributed by atoms with E-state index < -0.39 is 5.63 Å². The number of furan rings is 1. The fraction of sp³-hybridized carbons (Fsp3) is 0.250. The van der Waals surface area contributed by atoms with E-state index in [2.05, 4.69) is 12.2 Å². The van der Waals surface area contributed by atoms with Crippen molar-refractivity contribution in [2.24, 2.45) is 0 Å². The lowest BCUT2D eigenvalue weighted by molar-refractivity contribution is -0.120. The van der Waals surface area contributed by atoms with Crippen molar-refractivity contribution in [2.45, 2.75) is 33.1 Å². The predicted molar refractivity (Wildman–Crippen MR) is 113 cm³/mol. The van der Waals surface area contributed by atoms with Crippen LogP contribution in [0.1, 0.15) is 35.1 Å². The second-order valence-corrected chi connectivity index (χ2v) is 7.55.